The van der Waals surface area contributed by atoms with Crippen molar-refractivity contribution in [3.63, 3.8) is 0 Å². The summed E-state index contributed by atoms with van der Waals surface area (Å²) in [6, 6.07) is 8.61. The number of nitrogens with zero attached hydrogens (tertiary/aromatic N) is 4. The van der Waals surface area contributed by atoms with Crippen molar-refractivity contribution in [2.24, 2.45) is 5.92 Å². The lowest BCUT2D eigenvalue weighted by molar-refractivity contribution is 0.249. The number of aryl methyl sites for hydroxylation is 1. The van der Waals surface area contributed by atoms with Gasteiger partial charge in [0.1, 0.15) is 11.3 Å². The minimum absolute atomic E-state index is 0.322. The van der Waals surface area contributed by atoms with Gasteiger partial charge in [-0.05, 0) is 31.5 Å². The SMILES string of the molecule is Cc1ccc(OCC2CCN(c3nc4ccc(F)cc4o3)C2)nn1. The Kier molecular flexibility index (Phi) is 3.76. The molecule has 4 rings (SSSR count). The van der Waals surface area contributed by atoms with Gasteiger partial charge in [0.2, 0.25) is 5.88 Å². The molecule has 1 aromatic carbocycles. The fraction of sp³-hybridized carbons (Fsp3) is 0.353. The standard InChI is InChI=1S/C17H17FN4O2/c1-11-2-5-16(21-20-11)23-10-12-6-7-22(9-12)17-19-14-4-3-13(18)8-15(14)24-17/h2-5,8,12H,6-7,9-10H2,1H3. The topological polar surface area (TPSA) is 64.3 Å². The molecule has 1 aliphatic heterocycles. The molecule has 0 N–H and O–H groups in total. The zero-order chi connectivity index (χ0) is 16.5. The van der Waals surface area contributed by atoms with E-state index in [1.54, 1.807) is 6.07 Å². The molecule has 6 nitrogen and oxygen atoms in total. The summed E-state index contributed by atoms with van der Waals surface area (Å²) in [4.78, 5) is 6.49. The maximum absolute atomic E-state index is 13.2. The summed E-state index contributed by atoms with van der Waals surface area (Å²) >= 11 is 0. The van der Waals surface area contributed by atoms with E-state index in [0.29, 0.717) is 35.5 Å². The van der Waals surface area contributed by atoms with Gasteiger partial charge < -0.3 is 14.1 Å². The number of fused-ring (bicyclic) bond motifs is 1. The minimum Gasteiger partial charge on any atom is -0.476 e. The normalized spacial score (nSPS) is 17.6. The van der Waals surface area contributed by atoms with Gasteiger partial charge in [-0.2, -0.15) is 10.1 Å². The van der Waals surface area contributed by atoms with E-state index in [2.05, 4.69) is 20.1 Å². The molecule has 1 saturated heterocycles. The Bertz CT molecular complexity index is 849. The average Bonchev–Trinajstić information content (AvgIpc) is 3.20. The van der Waals surface area contributed by atoms with E-state index in [1.807, 2.05) is 19.1 Å². The van der Waals surface area contributed by atoms with Gasteiger partial charge in [0.25, 0.3) is 6.01 Å². The summed E-state index contributed by atoms with van der Waals surface area (Å²) in [5.41, 5.74) is 2.00. The molecule has 3 heterocycles. The van der Waals surface area contributed by atoms with Crippen molar-refractivity contribution < 1.29 is 13.5 Å². The predicted molar refractivity (Wildman–Crippen MR) is 86.6 cm³/mol. The van der Waals surface area contributed by atoms with Crippen LogP contribution in [0.2, 0.25) is 0 Å². The molecule has 1 unspecified atom stereocenters. The van der Waals surface area contributed by atoms with Crippen LogP contribution in [0.15, 0.2) is 34.7 Å². The van der Waals surface area contributed by atoms with E-state index in [9.17, 15) is 4.39 Å². The average molecular weight is 328 g/mol. The minimum atomic E-state index is -0.322. The fourth-order valence-electron chi connectivity index (χ4n) is 2.83. The summed E-state index contributed by atoms with van der Waals surface area (Å²) in [5, 5.41) is 7.98. The van der Waals surface area contributed by atoms with E-state index < -0.39 is 0 Å². The molecule has 1 atom stereocenters. The summed E-state index contributed by atoms with van der Waals surface area (Å²) in [6.45, 7) is 4.08. The number of rotatable bonds is 4. The highest BCUT2D eigenvalue weighted by Crippen LogP contribution is 2.27. The van der Waals surface area contributed by atoms with Crippen LogP contribution in [0.5, 0.6) is 5.88 Å². The third kappa shape index (κ3) is 3.02. The first-order valence-electron chi connectivity index (χ1n) is 7.91. The van der Waals surface area contributed by atoms with Gasteiger partial charge in [0.15, 0.2) is 5.58 Å². The first kappa shape index (κ1) is 14.9. The van der Waals surface area contributed by atoms with Crippen LogP contribution in [0.25, 0.3) is 11.1 Å². The first-order valence-corrected chi connectivity index (χ1v) is 7.91. The predicted octanol–water partition coefficient (Wildman–Crippen LogP) is 2.97. The molecule has 124 valence electrons. The first-order chi connectivity index (χ1) is 11.7. The van der Waals surface area contributed by atoms with E-state index in [4.69, 9.17) is 9.15 Å². The molecule has 0 aliphatic carbocycles. The molecule has 0 spiro atoms. The van der Waals surface area contributed by atoms with Gasteiger partial charge in [-0.3, -0.25) is 0 Å². The van der Waals surface area contributed by atoms with Crippen LogP contribution in [-0.2, 0) is 0 Å². The van der Waals surface area contributed by atoms with Crippen molar-refractivity contribution in [1.82, 2.24) is 15.2 Å². The van der Waals surface area contributed by atoms with E-state index >= 15 is 0 Å². The van der Waals surface area contributed by atoms with Crippen molar-refractivity contribution in [3.05, 3.63) is 41.8 Å². The Hall–Kier alpha value is -2.70. The number of hydrogen-bond donors (Lipinski definition) is 0. The second kappa shape index (κ2) is 6.07. The molecule has 3 aromatic rings. The van der Waals surface area contributed by atoms with Gasteiger partial charge in [0.05, 0.1) is 12.3 Å². The Balaban J connectivity index is 1.39. The lowest BCUT2D eigenvalue weighted by Gasteiger charge is -2.13. The largest absolute Gasteiger partial charge is 0.476 e. The second-order valence-electron chi connectivity index (χ2n) is 6.03. The van der Waals surface area contributed by atoms with E-state index in [-0.39, 0.29) is 5.82 Å². The van der Waals surface area contributed by atoms with Crippen LogP contribution in [0.1, 0.15) is 12.1 Å². The number of benzene rings is 1. The lowest BCUT2D eigenvalue weighted by Crippen LogP contribution is -2.22. The number of oxazole rings is 1. The maximum Gasteiger partial charge on any atom is 0.298 e. The molecule has 0 radical (unpaired) electrons. The van der Waals surface area contributed by atoms with Gasteiger partial charge in [-0.25, -0.2) is 4.39 Å². The van der Waals surface area contributed by atoms with Crippen LogP contribution < -0.4 is 9.64 Å². The smallest absolute Gasteiger partial charge is 0.298 e. The van der Waals surface area contributed by atoms with Crippen LogP contribution in [0.4, 0.5) is 10.4 Å². The molecule has 0 bridgehead atoms. The van der Waals surface area contributed by atoms with Crippen LogP contribution in [0.3, 0.4) is 0 Å². The lowest BCUT2D eigenvalue weighted by atomic mass is 10.1. The number of halogens is 1. The molecule has 24 heavy (non-hydrogen) atoms. The Labute approximate surface area is 138 Å². The van der Waals surface area contributed by atoms with Gasteiger partial charge in [-0.1, -0.05) is 0 Å². The van der Waals surface area contributed by atoms with Gasteiger partial charge in [0, 0.05) is 31.1 Å². The summed E-state index contributed by atoms with van der Waals surface area (Å²) < 4.78 is 24.6. The molecule has 2 aromatic heterocycles. The Morgan fingerprint density at radius 2 is 2.21 bits per heavy atom. The van der Waals surface area contributed by atoms with Crippen LogP contribution in [-0.4, -0.2) is 34.9 Å². The van der Waals surface area contributed by atoms with Crippen molar-refractivity contribution in [2.75, 3.05) is 24.6 Å². The highest BCUT2D eigenvalue weighted by atomic mass is 19.1. The molecule has 7 heteroatoms. The van der Waals surface area contributed by atoms with Gasteiger partial charge >= 0.3 is 0 Å². The van der Waals surface area contributed by atoms with Crippen molar-refractivity contribution >= 4 is 17.1 Å². The zero-order valence-electron chi connectivity index (χ0n) is 13.3. The zero-order valence-corrected chi connectivity index (χ0v) is 13.3. The molecular weight excluding hydrogens is 311 g/mol. The summed E-state index contributed by atoms with van der Waals surface area (Å²) in [6.07, 6.45) is 0.979. The number of aromatic nitrogens is 3. The maximum atomic E-state index is 13.2. The fourth-order valence-corrected chi connectivity index (χ4v) is 2.83. The Morgan fingerprint density at radius 1 is 1.29 bits per heavy atom. The highest BCUT2D eigenvalue weighted by molar-refractivity contribution is 5.74. The summed E-state index contributed by atoms with van der Waals surface area (Å²) in [7, 11) is 0. The van der Waals surface area contributed by atoms with Crippen molar-refractivity contribution in [1.29, 1.82) is 0 Å². The molecule has 1 aliphatic rings. The van der Waals surface area contributed by atoms with E-state index in [1.165, 1.54) is 12.1 Å². The van der Waals surface area contributed by atoms with Crippen molar-refractivity contribution in [2.45, 2.75) is 13.3 Å². The van der Waals surface area contributed by atoms with E-state index in [0.717, 1.165) is 25.2 Å². The van der Waals surface area contributed by atoms with Gasteiger partial charge in [-0.15, -0.1) is 5.10 Å². The highest BCUT2D eigenvalue weighted by Gasteiger charge is 2.26. The number of ether oxygens (including phenoxy) is 1. The quantitative estimate of drug-likeness (QED) is 0.734. The number of hydrogen-bond acceptors (Lipinski definition) is 6. The molecular formula is C17H17FN4O2. The third-order valence-corrected chi connectivity index (χ3v) is 4.14. The summed E-state index contributed by atoms with van der Waals surface area (Å²) in [5.74, 6) is 0.577. The van der Waals surface area contributed by atoms with Crippen LogP contribution in [0, 0.1) is 18.7 Å². The second-order valence-corrected chi connectivity index (χ2v) is 6.03. The number of anilines is 1. The van der Waals surface area contributed by atoms with Crippen molar-refractivity contribution in [3.8, 4) is 5.88 Å². The van der Waals surface area contributed by atoms with Crippen LogP contribution >= 0.6 is 0 Å². The molecule has 1 fully saturated rings. The Morgan fingerprint density at radius 3 is 3.04 bits per heavy atom. The molecule has 0 saturated carbocycles. The monoisotopic (exact) mass is 328 g/mol. The third-order valence-electron chi connectivity index (χ3n) is 4.14. The molecule has 0 amide bonds.